The topological polar surface area (TPSA) is 76.3 Å². The standard InChI is InChI=1S/C25H32N6O2/c1-17(2)21-14-20(25(33)28(3)4)13-19-15-22(29(5)24(19)21)18-7-6-10-30(16-18)23(32)8-11-31-12-9-26-27-31/h7,9,12-15,17H,6,8,10-11,16H2,1-5H3. The molecule has 3 heterocycles. The third-order valence-corrected chi connectivity index (χ3v) is 6.29. The Kier molecular flexibility index (Phi) is 6.35. The monoisotopic (exact) mass is 448 g/mol. The van der Waals surface area contributed by atoms with Crippen LogP contribution in [0.3, 0.4) is 0 Å². The highest BCUT2D eigenvalue weighted by Gasteiger charge is 2.23. The lowest BCUT2D eigenvalue weighted by atomic mass is 9.97. The van der Waals surface area contributed by atoms with Crippen molar-refractivity contribution in [1.29, 1.82) is 0 Å². The first-order valence-electron chi connectivity index (χ1n) is 11.4. The fraction of sp³-hybridized carbons (Fsp3) is 0.440. The first kappa shape index (κ1) is 22.8. The average Bonchev–Trinajstić information content (AvgIpc) is 3.44. The summed E-state index contributed by atoms with van der Waals surface area (Å²) in [5, 5.41) is 8.79. The molecule has 1 aliphatic heterocycles. The van der Waals surface area contributed by atoms with Gasteiger partial charge in [0, 0.05) is 63.5 Å². The van der Waals surface area contributed by atoms with Crippen molar-refractivity contribution >= 4 is 28.3 Å². The van der Waals surface area contributed by atoms with Gasteiger partial charge in [0.1, 0.15) is 0 Å². The van der Waals surface area contributed by atoms with Gasteiger partial charge in [0.05, 0.1) is 18.3 Å². The summed E-state index contributed by atoms with van der Waals surface area (Å²) in [4.78, 5) is 29.1. The summed E-state index contributed by atoms with van der Waals surface area (Å²) in [7, 11) is 5.63. The van der Waals surface area contributed by atoms with Gasteiger partial charge in [-0.1, -0.05) is 25.1 Å². The lowest BCUT2D eigenvalue weighted by Gasteiger charge is -2.28. The SMILES string of the molecule is CC(C)c1cc(C(=O)N(C)C)cc2cc(C3=CCCN(C(=O)CCn4ccnn4)C3)n(C)c12. The minimum atomic E-state index is 0.00485. The third-order valence-electron chi connectivity index (χ3n) is 6.29. The molecule has 3 aromatic rings. The minimum Gasteiger partial charge on any atom is -0.345 e. The van der Waals surface area contributed by atoms with Crippen LogP contribution in [0.25, 0.3) is 16.5 Å². The lowest BCUT2D eigenvalue weighted by molar-refractivity contribution is -0.131. The Morgan fingerprint density at radius 1 is 1.18 bits per heavy atom. The van der Waals surface area contributed by atoms with E-state index in [1.165, 1.54) is 0 Å². The number of aryl methyl sites for hydroxylation is 2. The maximum atomic E-state index is 12.8. The Hall–Kier alpha value is -3.42. The summed E-state index contributed by atoms with van der Waals surface area (Å²) in [6, 6.07) is 6.16. The van der Waals surface area contributed by atoms with E-state index in [4.69, 9.17) is 0 Å². The molecule has 0 radical (unpaired) electrons. The molecule has 8 nitrogen and oxygen atoms in total. The van der Waals surface area contributed by atoms with Crippen molar-refractivity contribution < 1.29 is 9.59 Å². The van der Waals surface area contributed by atoms with Crippen LogP contribution in [-0.2, 0) is 18.4 Å². The Bertz CT molecular complexity index is 1200. The van der Waals surface area contributed by atoms with Crippen LogP contribution in [0.5, 0.6) is 0 Å². The predicted molar refractivity (Wildman–Crippen MR) is 129 cm³/mol. The van der Waals surface area contributed by atoms with E-state index in [2.05, 4.69) is 47.9 Å². The van der Waals surface area contributed by atoms with Crippen molar-refractivity contribution in [3.63, 3.8) is 0 Å². The highest BCUT2D eigenvalue weighted by Crippen LogP contribution is 2.33. The quantitative estimate of drug-likeness (QED) is 0.580. The zero-order valence-electron chi connectivity index (χ0n) is 20.1. The summed E-state index contributed by atoms with van der Waals surface area (Å²) in [5.74, 6) is 0.404. The zero-order chi connectivity index (χ0) is 23.7. The van der Waals surface area contributed by atoms with Crippen molar-refractivity contribution in [2.24, 2.45) is 7.05 Å². The molecule has 0 aliphatic carbocycles. The fourth-order valence-corrected chi connectivity index (χ4v) is 4.53. The molecular weight excluding hydrogens is 416 g/mol. The Balaban J connectivity index is 1.63. The molecule has 0 N–H and O–H groups in total. The van der Waals surface area contributed by atoms with Crippen LogP contribution in [-0.4, -0.2) is 68.4 Å². The van der Waals surface area contributed by atoms with Gasteiger partial charge in [-0.15, -0.1) is 5.10 Å². The van der Waals surface area contributed by atoms with E-state index < -0.39 is 0 Å². The number of rotatable bonds is 6. The van der Waals surface area contributed by atoms with Gasteiger partial charge < -0.3 is 14.4 Å². The number of hydrogen-bond donors (Lipinski definition) is 0. The number of carbonyl (C=O) groups is 2. The number of benzene rings is 1. The Labute approximate surface area is 194 Å². The second-order valence-corrected chi connectivity index (χ2v) is 9.20. The smallest absolute Gasteiger partial charge is 0.253 e. The molecule has 0 bridgehead atoms. The second kappa shape index (κ2) is 9.21. The summed E-state index contributed by atoms with van der Waals surface area (Å²) in [6.07, 6.45) is 6.85. The van der Waals surface area contributed by atoms with E-state index >= 15 is 0 Å². The van der Waals surface area contributed by atoms with Crippen LogP contribution in [0.15, 0.2) is 36.7 Å². The summed E-state index contributed by atoms with van der Waals surface area (Å²) in [5.41, 5.74) is 5.24. The predicted octanol–water partition coefficient (Wildman–Crippen LogP) is 3.30. The molecule has 2 amide bonds. The van der Waals surface area contributed by atoms with Crippen LogP contribution in [0, 0.1) is 0 Å². The van der Waals surface area contributed by atoms with Crippen LogP contribution < -0.4 is 0 Å². The summed E-state index contributed by atoms with van der Waals surface area (Å²) < 4.78 is 3.90. The van der Waals surface area contributed by atoms with Crippen molar-refractivity contribution in [3.8, 4) is 0 Å². The number of hydrogen-bond acceptors (Lipinski definition) is 4. The third kappa shape index (κ3) is 4.55. The molecule has 0 spiro atoms. The van der Waals surface area contributed by atoms with Crippen molar-refractivity contribution in [2.45, 2.75) is 39.2 Å². The largest absolute Gasteiger partial charge is 0.345 e. The Morgan fingerprint density at radius 3 is 2.64 bits per heavy atom. The number of carbonyl (C=O) groups excluding carboxylic acids is 2. The Morgan fingerprint density at radius 2 is 1.97 bits per heavy atom. The van der Waals surface area contributed by atoms with E-state index in [1.54, 1.807) is 36.1 Å². The molecule has 0 atom stereocenters. The second-order valence-electron chi connectivity index (χ2n) is 9.20. The highest BCUT2D eigenvalue weighted by molar-refractivity contribution is 6.00. The van der Waals surface area contributed by atoms with Gasteiger partial charge in [-0.05, 0) is 41.7 Å². The van der Waals surface area contributed by atoms with Crippen LogP contribution >= 0.6 is 0 Å². The molecule has 33 heavy (non-hydrogen) atoms. The van der Waals surface area contributed by atoms with Gasteiger partial charge in [0.15, 0.2) is 0 Å². The van der Waals surface area contributed by atoms with Crippen LogP contribution in [0.4, 0.5) is 0 Å². The first-order valence-corrected chi connectivity index (χ1v) is 11.4. The van der Waals surface area contributed by atoms with Crippen LogP contribution in [0.2, 0.25) is 0 Å². The zero-order valence-corrected chi connectivity index (χ0v) is 20.1. The number of aromatic nitrogens is 4. The number of fused-ring (bicyclic) bond motifs is 1. The van der Waals surface area contributed by atoms with Gasteiger partial charge in [-0.3, -0.25) is 14.3 Å². The van der Waals surface area contributed by atoms with E-state index in [1.807, 2.05) is 17.0 Å². The van der Waals surface area contributed by atoms with Crippen molar-refractivity contribution in [3.05, 3.63) is 53.5 Å². The molecule has 0 fully saturated rings. The molecule has 8 heteroatoms. The first-order chi connectivity index (χ1) is 15.8. The van der Waals surface area contributed by atoms with Crippen molar-refractivity contribution in [2.75, 3.05) is 27.2 Å². The van der Waals surface area contributed by atoms with Gasteiger partial charge in [-0.2, -0.15) is 0 Å². The van der Waals surface area contributed by atoms with E-state index in [0.29, 0.717) is 25.1 Å². The normalized spacial score (nSPS) is 14.1. The molecule has 0 unspecified atom stereocenters. The fourth-order valence-electron chi connectivity index (χ4n) is 4.53. The molecule has 2 aromatic heterocycles. The molecule has 4 rings (SSSR count). The van der Waals surface area contributed by atoms with Gasteiger partial charge in [-0.25, -0.2) is 0 Å². The van der Waals surface area contributed by atoms with Crippen molar-refractivity contribution in [1.82, 2.24) is 29.4 Å². The van der Waals surface area contributed by atoms with E-state index in [0.717, 1.165) is 40.7 Å². The average molecular weight is 449 g/mol. The molecule has 1 aliphatic rings. The highest BCUT2D eigenvalue weighted by atomic mass is 16.2. The number of amides is 2. The van der Waals surface area contributed by atoms with E-state index in [9.17, 15) is 9.59 Å². The summed E-state index contributed by atoms with van der Waals surface area (Å²) in [6.45, 7) is 6.15. The molecule has 0 saturated carbocycles. The molecule has 1 aromatic carbocycles. The van der Waals surface area contributed by atoms with Gasteiger partial charge in [0.25, 0.3) is 5.91 Å². The molecular formula is C25H32N6O2. The minimum absolute atomic E-state index is 0.00485. The van der Waals surface area contributed by atoms with Gasteiger partial charge in [0.2, 0.25) is 5.91 Å². The van der Waals surface area contributed by atoms with Gasteiger partial charge >= 0.3 is 0 Å². The lowest BCUT2D eigenvalue weighted by Crippen LogP contribution is -2.36. The van der Waals surface area contributed by atoms with E-state index in [-0.39, 0.29) is 17.7 Å². The summed E-state index contributed by atoms with van der Waals surface area (Å²) >= 11 is 0. The maximum absolute atomic E-state index is 12.8. The number of nitrogens with zero attached hydrogens (tertiary/aromatic N) is 6. The molecule has 0 saturated heterocycles. The molecule has 174 valence electrons. The maximum Gasteiger partial charge on any atom is 0.253 e. The van der Waals surface area contributed by atoms with Crippen LogP contribution in [0.1, 0.15) is 54.2 Å².